The van der Waals surface area contributed by atoms with Crippen LogP contribution in [0.3, 0.4) is 0 Å². The zero-order valence-corrected chi connectivity index (χ0v) is 15.1. The Bertz CT molecular complexity index is 939. The third kappa shape index (κ3) is 4.68. The van der Waals surface area contributed by atoms with E-state index in [1.807, 2.05) is 0 Å². The van der Waals surface area contributed by atoms with Crippen molar-refractivity contribution >= 4 is 28.9 Å². The first-order valence-electron chi connectivity index (χ1n) is 7.86. The molecule has 0 bridgehead atoms. The van der Waals surface area contributed by atoms with Crippen LogP contribution in [-0.4, -0.2) is 30.6 Å². The monoisotopic (exact) mass is 386 g/mol. The summed E-state index contributed by atoms with van der Waals surface area (Å²) in [5, 5.41) is 5.83. The predicted molar refractivity (Wildman–Crippen MR) is 99.4 cm³/mol. The quantitative estimate of drug-likeness (QED) is 0.653. The summed E-state index contributed by atoms with van der Waals surface area (Å²) in [6.45, 7) is -0.265. The van der Waals surface area contributed by atoms with Crippen LogP contribution in [0.4, 0.5) is 10.1 Å². The average molecular weight is 386 g/mol. The summed E-state index contributed by atoms with van der Waals surface area (Å²) in [6, 6.07) is 9.44. The van der Waals surface area contributed by atoms with Gasteiger partial charge in [-0.2, -0.15) is 0 Å². The molecule has 0 aliphatic carbocycles. The van der Waals surface area contributed by atoms with E-state index in [0.717, 1.165) is 11.1 Å². The molecule has 8 heteroatoms. The van der Waals surface area contributed by atoms with E-state index in [1.165, 1.54) is 30.6 Å². The van der Waals surface area contributed by atoms with Gasteiger partial charge in [-0.05, 0) is 23.8 Å². The van der Waals surface area contributed by atoms with Gasteiger partial charge in [0.1, 0.15) is 5.82 Å². The smallest absolute Gasteiger partial charge is 0.340 e. The number of benzene rings is 1. The van der Waals surface area contributed by atoms with Gasteiger partial charge >= 0.3 is 5.97 Å². The molecule has 0 saturated heterocycles. The molecular weight excluding hydrogens is 371 g/mol. The average Bonchev–Trinajstić information content (AvgIpc) is 3.15. The largest absolute Gasteiger partial charge is 0.468 e. The number of esters is 1. The molecule has 27 heavy (non-hydrogen) atoms. The molecule has 0 unspecified atom stereocenters. The number of halogens is 1. The van der Waals surface area contributed by atoms with Crippen LogP contribution < -0.4 is 10.1 Å². The Morgan fingerprint density at radius 3 is 2.52 bits per heavy atom. The van der Waals surface area contributed by atoms with Gasteiger partial charge in [0.2, 0.25) is 5.88 Å². The van der Waals surface area contributed by atoms with Crippen LogP contribution >= 0.6 is 11.3 Å². The maximum atomic E-state index is 13.0. The van der Waals surface area contributed by atoms with Crippen molar-refractivity contribution in [3.63, 3.8) is 0 Å². The fourth-order valence-corrected chi connectivity index (χ4v) is 3.02. The number of rotatable bonds is 6. The Morgan fingerprint density at radius 1 is 1.11 bits per heavy atom. The Morgan fingerprint density at radius 2 is 1.85 bits per heavy atom. The van der Waals surface area contributed by atoms with Crippen molar-refractivity contribution in [1.82, 2.24) is 4.98 Å². The van der Waals surface area contributed by atoms with Crippen LogP contribution in [-0.2, 0) is 9.53 Å². The summed E-state index contributed by atoms with van der Waals surface area (Å²) < 4.78 is 23.0. The highest BCUT2D eigenvalue weighted by Crippen LogP contribution is 2.22. The second kappa shape index (κ2) is 8.41. The molecule has 0 saturated carbocycles. The van der Waals surface area contributed by atoms with Gasteiger partial charge in [-0.3, -0.25) is 4.79 Å². The van der Waals surface area contributed by atoms with E-state index in [2.05, 4.69) is 15.0 Å². The van der Waals surface area contributed by atoms with Crippen LogP contribution in [0.25, 0.3) is 11.1 Å². The summed E-state index contributed by atoms with van der Waals surface area (Å²) in [6.07, 6.45) is 1.58. The summed E-state index contributed by atoms with van der Waals surface area (Å²) >= 11 is 1.27. The van der Waals surface area contributed by atoms with E-state index in [4.69, 9.17) is 4.74 Å². The Kier molecular flexibility index (Phi) is 5.77. The summed E-state index contributed by atoms with van der Waals surface area (Å²) in [4.78, 5) is 27.8. The SMILES string of the molecule is COC(=O)c1cscc1NC(=O)COc1ccc(-c2ccc(F)cc2)cn1. The highest BCUT2D eigenvalue weighted by molar-refractivity contribution is 7.08. The molecule has 2 heterocycles. The number of amides is 1. The zero-order chi connectivity index (χ0) is 19.2. The first-order chi connectivity index (χ1) is 13.1. The number of carbonyl (C=O) groups is 2. The van der Waals surface area contributed by atoms with Crippen molar-refractivity contribution in [2.24, 2.45) is 0 Å². The zero-order valence-electron chi connectivity index (χ0n) is 14.3. The van der Waals surface area contributed by atoms with E-state index < -0.39 is 11.9 Å². The number of hydrogen-bond donors (Lipinski definition) is 1. The lowest BCUT2D eigenvalue weighted by Crippen LogP contribution is -2.21. The van der Waals surface area contributed by atoms with E-state index in [9.17, 15) is 14.0 Å². The second-order valence-electron chi connectivity index (χ2n) is 5.42. The molecule has 1 amide bonds. The molecule has 0 aliphatic heterocycles. The maximum absolute atomic E-state index is 13.0. The Balaban J connectivity index is 1.57. The molecule has 0 aliphatic rings. The molecule has 3 rings (SSSR count). The number of nitrogens with one attached hydrogen (secondary N) is 1. The number of thiophene rings is 1. The van der Waals surface area contributed by atoms with Crippen LogP contribution in [0.2, 0.25) is 0 Å². The highest BCUT2D eigenvalue weighted by Gasteiger charge is 2.15. The summed E-state index contributed by atoms with van der Waals surface area (Å²) in [7, 11) is 1.27. The number of anilines is 1. The molecule has 0 fully saturated rings. The van der Waals surface area contributed by atoms with E-state index in [-0.39, 0.29) is 23.9 Å². The molecule has 1 aromatic carbocycles. The number of nitrogens with zero attached hydrogens (tertiary/aromatic N) is 1. The first-order valence-corrected chi connectivity index (χ1v) is 8.80. The minimum atomic E-state index is -0.523. The van der Waals surface area contributed by atoms with Crippen molar-refractivity contribution in [3.8, 4) is 17.0 Å². The molecule has 2 aromatic heterocycles. The maximum Gasteiger partial charge on any atom is 0.340 e. The van der Waals surface area contributed by atoms with Gasteiger partial charge in [0.25, 0.3) is 5.91 Å². The number of pyridine rings is 1. The lowest BCUT2D eigenvalue weighted by atomic mass is 10.1. The molecule has 1 N–H and O–H groups in total. The topological polar surface area (TPSA) is 77.5 Å². The fraction of sp³-hybridized carbons (Fsp3) is 0.105. The molecule has 0 atom stereocenters. The molecular formula is C19H15FN2O4S. The number of carbonyl (C=O) groups excluding carboxylic acids is 2. The standard InChI is InChI=1S/C19H15FN2O4S/c1-25-19(24)15-10-27-11-16(15)22-17(23)9-26-18-7-4-13(8-21-18)12-2-5-14(20)6-3-12/h2-8,10-11H,9H2,1H3,(H,22,23). The van der Waals surface area contributed by atoms with Gasteiger partial charge in [-0.15, -0.1) is 11.3 Å². The Labute approximate surface area is 158 Å². The summed E-state index contributed by atoms with van der Waals surface area (Å²) in [5.41, 5.74) is 2.28. The van der Waals surface area contributed by atoms with E-state index >= 15 is 0 Å². The molecule has 6 nitrogen and oxygen atoms in total. The lowest BCUT2D eigenvalue weighted by molar-refractivity contribution is -0.118. The number of ether oxygens (including phenoxy) is 2. The van der Waals surface area contributed by atoms with E-state index in [0.29, 0.717) is 5.69 Å². The van der Waals surface area contributed by atoms with Crippen LogP contribution in [0, 0.1) is 5.82 Å². The van der Waals surface area contributed by atoms with Crippen molar-refractivity contribution in [2.75, 3.05) is 19.0 Å². The Hall–Kier alpha value is -3.26. The minimum Gasteiger partial charge on any atom is -0.468 e. The van der Waals surface area contributed by atoms with Crippen LogP contribution in [0.5, 0.6) is 5.88 Å². The minimum absolute atomic E-state index is 0.265. The van der Waals surface area contributed by atoms with Gasteiger partial charge < -0.3 is 14.8 Å². The van der Waals surface area contributed by atoms with Crippen LogP contribution in [0.1, 0.15) is 10.4 Å². The molecule has 3 aromatic rings. The van der Waals surface area contributed by atoms with Gasteiger partial charge in [0.15, 0.2) is 6.61 Å². The second-order valence-corrected chi connectivity index (χ2v) is 6.16. The number of aromatic nitrogens is 1. The molecule has 0 radical (unpaired) electrons. The highest BCUT2D eigenvalue weighted by atomic mass is 32.1. The lowest BCUT2D eigenvalue weighted by Gasteiger charge is -2.08. The molecule has 138 valence electrons. The predicted octanol–water partition coefficient (Wildman–Crippen LogP) is 3.75. The third-order valence-corrected chi connectivity index (χ3v) is 4.35. The number of methoxy groups -OCH3 is 1. The first kappa shape index (κ1) is 18.5. The van der Waals surface area contributed by atoms with Gasteiger partial charge in [0.05, 0.1) is 18.4 Å². The van der Waals surface area contributed by atoms with Gasteiger partial charge in [-0.1, -0.05) is 12.1 Å². The molecule has 0 spiro atoms. The van der Waals surface area contributed by atoms with Gasteiger partial charge in [0, 0.05) is 28.6 Å². The fourth-order valence-electron chi connectivity index (χ4n) is 2.27. The van der Waals surface area contributed by atoms with Gasteiger partial charge in [-0.25, -0.2) is 14.2 Å². The van der Waals surface area contributed by atoms with E-state index in [1.54, 1.807) is 41.2 Å². The third-order valence-electron chi connectivity index (χ3n) is 3.61. The van der Waals surface area contributed by atoms with Crippen molar-refractivity contribution in [2.45, 2.75) is 0 Å². The summed E-state index contributed by atoms with van der Waals surface area (Å²) in [5.74, 6) is -0.985. The number of hydrogen-bond acceptors (Lipinski definition) is 6. The van der Waals surface area contributed by atoms with Crippen molar-refractivity contribution in [3.05, 3.63) is 64.7 Å². The van der Waals surface area contributed by atoms with Crippen molar-refractivity contribution in [1.29, 1.82) is 0 Å². The van der Waals surface area contributed by atoms with Crippen molar-refractivity contribution < 1.29 is 23.5 Å². The van der Waals surface area contributed by atoms with Crippen LogP contribution in [0.15, 0.2) is 53.4 Å². The normalized spacial score (nSPS) is 10.3.